The molecule has 0 fully saturated rings. The van der Waals surface area contributed by atoms with Gasteiger partial charge in [0.15, 0.2) is 0 Å². The Labute approximate surface area is 81.5 Å². The van der Waals surface area contributed by atoms with Crippen molar-refractivity contribution in [2.45, 2.75) is 20.0 Å². The molecule has 0 radical (unpaired) electrons. The molecule has 0 amide bonds. The maximum Gasteiger partial charge on any atom is 0.0240 e. The first-order chi connectivity index (χ1) is 5.79. The number of benzene rings is 1. The summed E-state index contributed by atoms with van der Waals surface area (Å²) in [5.41, 5.74) is 2.96. The van der Waals surface area contributed by atoms with Crippen molar-refractivity contribution in [3.8, 4) is 0 Å². The van der Waals surface area contributed by atoms with E-state index < -0.39 is 0 Å². The van der Waals surface area contributed by atoms with Crippen molar-refractivity contribution in [1.29, 1.82) is 0 Å². The van der Waals surface area contributed by atoms with Crippen LogP contribution < -0.4 is 0 Å². The van der Waals surface area contributed by atoms with Crippen molar-refractivity contribution < 1.29 is 0 Å². The second kappa shape index (κ2) is 3.19. The molecule has 0 atom stereocenters. The number of hydrogen-bond donors (Lipinski definition) is 0. The molecule has 0 spiro atoms. The van der Waals surface area contributed by atoms with Gasteiger partial charge < -0.3 is 0 Å². The molecule has 64 valence electrons. The van der Waals surface area contributed by atoms with Crippen LogP contribution in [0.1, 0.15) is 18.1 Å². The van der Waals surface area contributed by atoms with E-state index in [0.717, 1.165) is 19.6 Å². The molecule has 0 saturated heterocycles. The fourth-order valence-corrected chi connectivity index (χ4v) is 2.07. The van der Waals surface area contributed by atoms with E-state index >= 15 is 0 Å². The fraction of sp³-hybridized carbons (Fsp3) is 0.400. The summed E-state index contributed by atoms with van der Waals surface area (Å²) in [5.74, 6) is 0. The number of rotatable bonds is 1. The SMILES string of the molecule is CCN1Cc2ccc(Br)cc2C1. The summed E-state index contributed by atoms with van der Waals surface area (Å²) in [6.45, 7) is 5.59. The summed E-state index contributed by atoms with van der Waals surface area (Å²) < 4.78 is 1.19. The van der Waals surface area contributed by atoms with Crippen molar-refractivity contribution in [2.75, 3.05) is 6.54 Å². The molecule has 0 aliphatic carbocycles. The second-order valence-electron chi connectivity index (χ2n) is 3.22. The molecule has 2 rings (SSSR count). The molecule has 1 aromatic rings. The maximum absolute atomic E-state index is 3.49. The molecule has 2 heteroatoms. The summed E-state index contributed by atoms with van der Waals surface area (Å²) in [5, 5.41) is 0. The average Bonchev–Trinajstić information content (AvgIpc) is 2.46. The largest absolute Gasteiger partial charge is 0.295 e. The first-order valence-corrected chi connectivity index (χ1v) is 5.08. The summed E-state index contributed by atoms with van der Waals surface area (Å²) in [7, 11) is 0. The van der Waals surface area contributed by atoms with Crippen molar-refractivity contribution in [3.05, 3.63) is 33.8 Å². The summed E-state index contributed by atoms with van der Waals surface area (Å²) in [4.78, 5) is 2.44. The zero-order valence-electron chi connectivity index (χ0n) is 7.18. The van der Waals surface area contributed by atoms with Gasteiger partial charge in [-0.15, -0.1) is 0 Å². The van der Waals surface area contributed by atoms with Crippen LogP contribution in [0.5, 0.6) is 0 Å². The molecule has 0 N–H and O–H groups in total. The smallest absolute Gasteiger partial charge is 0.0240 e. The van der Waals surface area contributed by atoms with Crippen LogP contribution in [-0.4, -0.2) is 11.4 Å². The zero-order chi connectivity index (χ0) is 8.55. The van der Waals surface area contributed by atoms with Gasteiger partial charge in [0, 0.05) is 17.6 Å². The number of fused-ring (bicyclic) bond motifs is 1. The van der Waals surface area contributed by atoms with Crippen molar-refractivity contribution in [1.82, 2.24) is 4.90 Å². The minimum absolute atomic E-state index is 1.12. The number of halogens is 1. The Morgan fingerprint density at radius 3 is 2.83 bits per heavy atom. The third-order valence-electron chi connectivity index (χ3n) is 2.40. The highest BCUT2D eigenvalue weighted by Crippen LogP contribution is 2.25. The first-order valence-electron chi connectivity index (χ1n) is 4.29. The van der Waals surface area contributed by atoms with Crippen LogP contribution in [0.25, 0.3) is 0 Å². The van der Waals surface area contributed by atoms with E-state index in [0.29, 0.717) is 0 Å². The van der Waals surface area contributed by atoms with Crippen molar-refractivity contribution >= 4 is 15.9 Å². The van der Waals surface area contributed by atoms with Gasteiger partial charge in [-0.05, 0) is 29.8 Å². The highest BCUT2D eigenvalue weighted by Gasteiger charge is 2.16. The molecule has 0 unspecified atom stereocenters. The minimum Gasteiger partial charge on any atom is -0.295 e. The van der Waals surface area contributed by atoms with Gasteiger partial charge in [-0.25, -0.2) is 0 Å². The van der Waals surface area contributed by atoms with Gasteiger partial charge in [0.25, 0.3) is 0 Å². The Hall–Kier alpha value is -0.340. The molecule has 0 aromatic heterocycles. The molecule has 1 aliphatic heterocycles. The van der Waals surface area contributed by atoms with Crippen molar-refractivity contribution in [3.63, 3.8) is 0 Å². The van der Waals surface area contributed by atoms with Gasteiger partial charge >= 0.3 is 0 Å². The monoisotopic (exact) mass is 225 g/mol. The first kappa shape index (κ1) is 8.27. The lowest BCUT2D eigenvalue weighted by molar-refractivity contribution is 0.301. The van der Waals surface area contributed by atoms with Crippen LogP contribution in [0.3, 0.4) is 0 Å². The van der Waals surface area contributed by atoms with Gasteiger partial charge in [0.1, 0.15) is 0 Å². The molecule has 12 heavy (non-hydrogen) atoms. The Balaban J connectivity index is 2.30. The molecule has 0 saturated carbocycles. The van der Waals surface area contributed by atoms with Gasteiger partial charge in [0.2, 0.25) is 0 Å². The van der Waals surface area contributed by atoms with Crippen LogP contribution in [0.4, 0.5) is 0 Å². The van der Waals surface area contributed by atoms with E-state index in [4.69, 9.17) is 0 Å². The van der Waals surface area contributed by atoms with Gasteiger partial charge in [-0.2, -0.15) is 0 Å². The Kier molecular flexibility index (Phi) is 2.20. The van der Waals surface area contributed by atoms with E-state index in [1.54, 1.807) is 0 Å². The predicted octanol–water partition coefficient (Wildman–Crippen LogP) is 2.78. The van der Waals surface area contributed by atoms with E-state index in [-0.39, 0.29) is 0 Å². The van der Waals surface area contributed by atoms with Crippen LogP contribution in [0.2, 0.25) is 0 Å². The van der Waals surface area contributed by atoms with E-state index in [1.807, 2.05) is 0 Å². The van der Waals surface area contributed by atoms with Crippen LogP contribution in [0.15, 0.2) is 22.7 Å². The lowest BCUT2D eigenvalue weighted by Crippen LogP contribution is -2.14. The van der Waals surface area contributed by atoms with E-state index in [9.17, 15) is 0 Å². The Bertz CT molecular complexity index is 296. The highest BCUT2D eigenvalue weighted by molar-refractivity contribution is 9.10. The molecular formula is C10H12BrN. The van der Waals surface area contributed by atoms with E-state index in [1.165, 1.54) is 15.6 Å². The molecule has 1 nitrogen and oxygen atoms in total. The minimum atomic E-state index is 1.12. The standard InChI is InChI=1S/C10H12BrN/c1-2-12-6-8-3-4-10(11)5-9(8)7-12/h3-5H,2,6-7H2,1H3. The third-order valence-corrected chi connectivity index (χ3v) is 2.90. The van der Waals surface area contributed by atoms with Crippen LogP contribution >= 0.6 is 15.9 Å². The van der Waals surface area contributed by atoms with Crippen LogP contribution in [0, 0.1) is 0 Å². The summed E-state index contributed by atoms with van der Waals surface area (Å²) in [6.07, 6.45) is 0. The quantitative estimate of drug-likeness (QED) is 0.711. The molecule has 1 heterocycles. The second-order valence-corrected chi connectivity index (χ2v) is 4.13. The normalized spacial score (nSPS) is 16.5. The summed E-state index contributed by atoms with van der Waals surface area (Å²) in [6, 6.07) is 6.57. The topological polar surface area (TPSA) is 3.24 Å². The lowest BCUT2D eigenvalue weighted by Gasteiger charge is -2.09. The van der Waals surface area contributed by atoms with Gasteiger partial charge in [-0.3, -0.25) is 4.90 Å². The van der Waals surface area contributed by atoms with Gasteiger partial charge in [-0.1, -0.05) is 28.9 Å². The average molecular weight is 226 g/mol. The van der Waals surface area contributed by atoms with Crippen molar-refractivity contribution in [2.24, 2.45) is 0 Å². The molecule has 1 aliphatic rings. The fourth-order valence-electron chi connectivity index (χ4n) is 1.66. The zero-order valence-corrected chi connectivity index (χ0v) is 8.76. The predicted molar refractivity (Wildman–Crippen MR) is 53.9 cm³/mol. The van der Waals surface area contributed by atoms with E-state index in [2.05, 4.69) is 46.0 Å². The Morgan fingerprint density at radius 1 is 1.33 bits per heavy atom. The van der Waals surface area contributed by atoms with Gasteiger partial charge in [0.05, 0.1) is 0 Å². The Morgan fingerprint density at radius 2 is 2.08 bits per heavy atom. The molecule has 0 bridgehead atoms. The maximum atomic E-state index is 3.49. The number of nitrogens with zero attached hydrogens (tertiary/aromatic N) is 1. The van der Waals surface area contributed by atoms with Crippen LogP contribution in [-0.2, 0) is 13.1 Å². The highest BCUT2D eigenvalue weighted by atomic mass is 79.9. The molecule has 1 aromatic carbocycles. The molecular weight excluding hydrogens is 214 g/mol. The third kappa shape index (κ3) is 1.41. The number of hydrogen-bond acceptors (Lipinski definition) is 1. The lowest BCUT2D eigenvalue weighted by atomic mass is 10.1. The summed E-state index contributed by atoms with van der Waals surface area (Å²) >= 11 is 3.49.